The fraction of sp³-hybridized carbons (Fsp3) is 0.304. The Hall–Kier alpha value is -2.93. The van der Waals surface area contributed by atoms with E-state index < -0.39 is 9.84 Å². The van der Waals surface area contributed by atoms with Crippen LogP contribution in [-0.4, -0.2) is 53.6 Å². The molecule has 1 fully saturated rings. The first-order chi connectivity index (χ1) is 14.3. The van der Waals surface area contributed by atoms with E-state index in [4.69, 9.17) is 5.10 Å². The average molecular weight is 424 g/mol. The molecule has 0 aliphatic carbocycles. The van der Waals surface area contributed by atoms with Gasteiger partial charge in [-0.25, -0.2) is 8.42 Å². The first-order valence-electron chi connectivity index (χ1n) is 9.98. The van der Waals surface area contributed by atoms with Gasteiger partial charge in [-0.3, -0.25) is 9.48 Å². The Balaban J connectivity index is 1.69. The molecule has 3 aromatic rings. The summed E-state index contributed by atoms with van der Waals surface area (Å²) in [5.74, 6) is -0.0485. The Morgan fingerprint density at radius 2 is 1.83 bits per heavy atom. The minimum Gasteiger partial charge on any atom is -0.338 e. The fourth-order valence-electron chi connectivity index (χ4n) is 3.79. The van der Waals surface area contributed by atoms with Crippen molar-refractivity contribution in [2.45, 2.75) is 25.9 Å². The van der Waals surface area contributed by atoms with Crippen molar-refractivity contribution >= 4 is 15.7 Å². The first-order valence-corrected chi connectivity index (χ1v) is 11.8. The maximum Gasteiger partial charge on any atom is 0.257 e. The number of aromatic nitrogens is 2. The van der Waals surface area contributed by atoms with Gasteiger partial charge in [-0.15, -0.1) is 0 Å². The molecule has 1 atom stereocenters. The van der Waals surface area contributed by atoms with Crippen LogP contribution < -0.4 is 0 Å². The van der Waals surface area contributed by atoms with Crippen molar-refractivity contribution in [1.29, 1.82) is 0 Å². The average Bonchev–Trinajstić information content (AvgIpc) is 3.31. The minimum absolute atomic E-state index is 0.0211. The summed E-state index contributed by atoms with van der Waals surface area (Å²) in [4.78, 5) is 14.9. The van der Waals surface area contributed by atoms with E-state index in [0.717, 1.165) is 16.7 Å². The molecule has 0 radical (unpaired) electrons. The summed E-state index contributed by atoms with van der Waals surface area (Å²) in [7, 11) is -1.39. The molecule has 0 N–H and O–H groups in total. The third-order valence-corrected chi connectivity index (χ3v) is 7.33. The molecule has 4 rings (SSSR count). The van der Waals surface area contributed by atoms with Crippen molar-refractivity contribution in [1.82, 2.24) is 14.7 Å². The number of nitrogens with zero attached hydrogens (tertiary/aromatic N) is 3. The molecule has 1 saturated heterocycles. The molecule has 1 aliphatic heterocycles. The van der Waals surface area contributed by atoms with Gasteiger partial charge in [0.1, 0.15) is 5.69 Å². The molecule has 30 heavy (non-hydrogen) atoms. The Morgan fingerprint density at radius 1 is 1.13 bits per heavy atom. The van der Waals surface area contributed by atoms with Gasteiger partial charge in [0, 0.05) is 24.8 Å². The van der Waals surface area contributed by atoms with Crippen LogP contribution in [0.4, 0.5) is 0 Å². The summed E-state index contributed by atoms with van der Waals surface area (Å²) in [5, 5.41) is 4.72. The number of benzene rings is 2. The van der Waals surface area contributed by atoms with Gasteiger partial charge in [0.05, 0.1) is 23.6 Å². The van der Waals surface area contributed by atoms with Gasteiger partial charge in [0.2, 0.25) is 0 Å². The molecule has 156 valence electrons. The monoisotopic (exact) mass is 423 g/mol. The van der Waals surface area contributed by atoms with E-state index in [-0.39, 0.29) is 23.5 Å². The van der Waals surface area contributed by atoms with Gasteiger partial charge in [-0.2, -0.15) is 5.10 Å². The molecule has 6 nitrogen and oxygen atoms in total. The molecule has 0 bridgehead atoms. The zero-order valence-electron chi connectivity index (χ0n) is 17.2. The van der Waals surface area contributed by atoms with Crippen molar-refractivity contribution in [3.63, 3.8) is 0 Å². The third-order valence-electron chi connectivity index (χ3n) is 5.58. The van der Waals surface area contributed by atoms with Crippen molar-refractivity contribution in [2.24, 2.45) is 0 Å². The Bertz CT molecular complexity index is 1150. The van der Waals surface area contributed by atoms with E-state index in [2.05, 4.69) is 0 Å². The van der Waals surface area contributed by atoms with Crippen LogP contribution in [-0.2, 0) is 16.4 Å². The Labute approximate surface area is 177 Å². The SMILES string of the molecule is Cc1ccc(-c2nn(Cc3ccccc3)cc2C(=O)N(C)[C@@H]2CCS(=O)(=O)C2)cc1. The van der Waals surface area contributed by atoms with Crippen molar-refractivity contribution in [2.75, 3.05) is 18.6 Å². The molecule has 0 saturated carbocycles. The smallest absolute Gasteiger partial charge is 0.257 e. The predicted octanol–water partition coefficient (Wildman–Crippen LogP) is 3.17. The minimum atomic E-state index is -3.07. The van der Waals surface area contributed by atoms with Gasteiger partial charge in [-0.05, 0) is 18.9 Å². The van der Waals surface area contributed by atoms with E-state index in [1.807, 2.05) is 61.5 Å². The number of hydrogen-bond acceptors (Lipinski definition) is 4. The van der Waals surface area contributed by atoms with Gasteiger partial charge >= 0.3 is 0 Å². The summed E-state index contributed by atoms with van der Waals surface area (Å²) in [6.45, 7) is 2.56. The predicted molar refractivity (Wildman–Crippen MR) is 117 cm³/mol. The van der Waals surface area contributed by atoms with Crippen LogP contribution in [0.3, 0.4) is 0 Å². The highest BCUT2D eigenvalue weighted by atomic mass is 32.2. The van der Waals surface area contributed by atoms with Crippen LogP contribution in [0.2, 0.25) is 0 Å². The Morgan fingerprint density at radius 3 is 2.47 bits per heavy atom. The zero-order chi connectivity index (χ0) is 21.3. The topological polar surface area (TPSA) is 72.3 Å². The molecule has 1 amide bonds. The summed E-state index contributed by atoms with van der Waals surface area (Å²) in [6, 6.07) is 17.5. The molecular weight excluding hydrogens is 398 g/mol. The first kappa shape index (κ1) is 20.3. The number of carbonyl (C=O) groups excluding carboxylic acids is 1. The lowest BCUT2D eigenvalue weighted by Gasteiger charge is -2.23. The number of sulfone groups is 1. The fourth-order valence-corrected chi connectivity index (χ4v) is 5.57. The molecule has 2 heterocycles. The maximum atomic E-state index is 13.3. The molecule has 7 heteroatoms. The largest absolute Gasteiger partial charge is 0.338 e. The van der Waals surface area contributed by atoms with Crippen molar-refractivity contribution in [3.8, 4) is 11.3 Å². The van der Waals surface area contributed by atoms with Crippen LogP contribution in [0.1, 0.15) is 27.9 Å². The second-order valence-electron chi connectivity index (χ2n) is 7.91. The third kappa shape index (κ3) is 4.31. The van der Waals surface area contributed by atoms with E-state index in [1.54, 1.807) is 22.8 Å². The van der Waals surface area contributed by atoms with E-state index in [1.165, 1.54) is 0 Å². The Kier molecular flexibility index (Phi) is 5.47. The van der Waals surface area contributed by atoms with Crippen LogP contribution in [0.5, 0.6) is 0 Å². The highest BCUT2D eigenvalue weighted by Gasteiger charge is 2.34. The molecule has 1 aromatic heterocycles. The van der Waals surface area contributed by atoms with E-state index in [0.29, 0.717) is 24.2 Å². The second kappa shape index (κ2) is 8.07. The van der Waals surface area contributed by atoms with Crippen LogP contribution >= 0.6 is 0 Å². The second-order valence-corrected chi connectivity index (χ2v) is 10.1. The summed E-state index contributed by atoms with van der Waals surface area (Å²) < 4.78 is 25.5. The number of amides is 1. The number of carbonyl (C=O) groups is 1. The van der Waals surface area contributed by atoms with Crippen LogP contribution in [0.15, 0.2) is 60.8 Å². The molecule has 0 spiro atoms. The quantitative estimate of drug-likeness (QED) is 0.632. The normalized spacial score (nSPS) is 17.7. The molecule has 2 aromatic carbocycles. The van der Waals surface area contributed by atoms with Crippen LogP contribution in [0.25, 0.3) is 11.3 Å². The van der Waals surface area contributed by atoms with Crippen LogP contribution in [0, 0.1) is 6.92 Å². The lowest BCUT2D eigenvalue weighted by atomic mass is 10.1. The van der Waals surface area contributed by atoms with Gasteiger partial charge in [-0.1, -0.05) is 60.2 Å². The lowest BCUT2D eigenvalue weighted by Crippen LogP contribution is -2.37. The van der Waals surface area contributed by atoms with Gasteiger partial charge < -0.3 is 4.90 Å². The van der Waals surface area contributed by atoms with E-state index >= 15 is 0 Å². The van der Waals surface area contributed by atoms with Gasteiger partial charge in [0.15, 0.2) is 9.84 Å². The van der Waals surface area contributed by atoms with E-state index in [9.17, 15) is 13.2 Å². The molecule has 0 unspecified atom stereocenters. The number of hydrogen-bond donors (Lipinski definition) is 0. The highest BCUT2D eigenvalue weighted by molar-refractivity contribution is 7.91. The molecular formula is C23H25N3O3S. The summed E-state index contributed by atoms with van der Waals surface area (Å²) in [6.07, 6.45) is 2.24. The summed E-state index contributed by atoms with van der Waals surface area (Å²) in [5.41, 5.74) is 4.18. The standard InChI is InChI=1S/C23H25N3O3S/c1-17-8-10-19(11-9-17)22-21(15-26(24-22)14-18-6-4-3-5-7-18)23(27)25(2)20-12-13-30(28,29)16-20/h3-11,15,20H,12-14,16H2,1-2H3/t20-/m1/s1. The number of aryl methyl sites for hydroxylation is 1. The number of rotatable bonds is 5. The molecule has 1 aliphatic rings. The van der Waals surface area contributed by atoms with Crippen molar-refractivity contribution < 1.29 is 13.2 Å². The zero-order valence-corrected chi connectivity index (χ0v) is 18.0. The highest BCUT2D eigenvalue weighted by Crippen LogP contribution is 2.26. The lowest BCUT2D eigenvalue weighted by molar-refractivity contribution is 0.0748. The van der Waals surface area contributed by atoms with Crippen molar-refractivity contribution in [3.05, 3.63) is 77.5 Å². The summed E-state index contributed by atoms with van der Waals surface area (Å²) >= 11 is 0. The van der Waals surface area contributed by atoms with Gasteiger partial charge in [0.25, 0.3) is 5.91 Å². The maximum absolute atomic E-state index is 13.3.